The van der Waals surface area contributed by atoms with Gasteiger partial charge in [-0.25, -0.2) is 4.98 Å². The molecule has 2 heterocycles. The molecule has 0 atom stereocenters. The van der Waals surface area contributed by atoms with Gasteiger partial charge in [0.2, 0.25) is 0 Å². The van der Waals surface area contributed by atoms with E-state index >= 15 is 0 Å². The number of benzene rings is 1. The number of rotatable bonds is 2. The third-order valence-electron chi connectivity index (χ3n) is 2.97. The molecule has 5 heteroatoms. The molecular formula is C14H13N5. The van der Waals surface area contributed by atoms with Gasteiger partial charge in [0, 0.05) is 29.2 Å². The van der Waals surface area contributed by atoms with Gasteiger partial charge in [-0.05, 0) is 42.8 Å². The quantitative estimate of drug-likeness (QED) is 0.685. The van der Waals surface area contributed by atoms with Crippen LogP contribution < -0.4 is 5.73 Å². The van der Waals surface area contributed by atoms with Crippen LogP contribution in [0.1, 0.15) is 5.56 Å². The number of aryl methyl sites for hydroxylation is 1. The molecule has 0 unspecified atom stereocenters. The molecule has 0 aliphatic carbocycles. The number of H-pyrrole nitrogens is 1. The van der Waals surface area contributed by atoms with Crippen LogP contribution in [0.5, 0.6) is 0 Å². The summed E-state index contributed by atoms with van der Waals surface area (Å²) < 4.78 is 0. The molecule has 0 saturated carbocycles. The summed E-state index contributed by atoms with van der Waals surface area (Å²) in [6, 6.07) is 9.54. The van der Waals surface area contributed by atoms with E-state index in [0.717, 1.165) is 28.2 Å². The van der Waals surface area contributed by atoms with Crippen molar-refractivity contribution in [2.75, 3.05) is 5.73 Å². The average molecular weight is 251 g/mol. The number of hydrogen-bond acceptors (Lipinski definition) is 4. The number of aromatic nitrogens is 4. The van der Waals surface area contributed by atoms with Gasteiger partial charge in [-0.1, -0.05) is 0 Å². The van der Waals surface area contributed by atoms with Gasteiger partial charge in [0.25, 0.3) is 0 Å². The lowest BCUT2D eigenvalue weighted by Gasteiger charge is -2.01. The standard InChI is InChI=1S/C14H13N5/c1-9-8-11(2-3-12(9)15)14-17-13(18-19-14)10-4-6-16-7-5-10/h2-8H,15H2,1H3,(H,17,18,19). The Balaban J connectivity index is 1.99. The average Bonchev–Trinajstić information content (AvgIpc) is 2.93. The molecule has 2 aromatic heterocycles. The summed E-state index contributed by atoms with van der Waals surface area (Å²) in [6.45, 7) is 1.97. The van der Waals surface area contributed by atoms with Crippen molar-refractivity contribution < 1.29 is 0 Å². The number of anilines is 1. The molecule has 3 rings (SSSR count). The number of nitrogens with one attached hydrogen (secondary N) is 1. The second-order valence-electron chi connectivity index (χ2n) is 4.31. The molecule has 5 nitrogen and oxygen atoms in total. The van der Waals surface area contributed by atoms with Crippen LogP contribution >= 0.6 is 0 Å². The van der Waals surface area contributed by atoms with Gasteiger partial charge in [0.05, 0.1) is 0 Å². The van der Waals surface area contributed by atoms with E-state index in [1.165, 1.54) is 0 Å². The lowest BCUT2D eigenvalue weighted by molar-refractivity contribution is 1.10. The van der Waals surface area contributed by atoms with E-state index in [9.17, 15) is 0 Å². The van der Waals surface area contributed by atoms with Gasteiger partial charge >= 0.3 is 0 Å². The van der Waals surface area contributed by atoms with Crippen molar-refractivity contribution in [3.63, 3.8) is 0 Å². The molecule has 0 amide bonds. The molecule has 1 aromatic carbocycles. The Kier molecular flexibility index (Phi) is 2.72. The van der Waals surface area contributed by atoms with Crippen LogP contribution in [-0.2, 0) is 0 Å². The Morgan fingerprint density at radius 2 is 1.84 bits per heavy atom. The minimum Gasteiger partial charge on any atom is -0.399 e. The molecule has 0 aliphatic rings. The zero-order valence-corrected chi connectivity index (χ0v) is 10.5. The topological polar surface area (TPSA) is 80.5 Å². The van der Waals surface area contributed by atoms with Gasteiger partial charge < -0.3 is 5.73 Å². The summed E-state index contributed by atoms with van der Waals surface area (Å²) in [5.41, 5.74) is 9.51. The first kappa shape index (κ1) is 11.4. The Labute approximate surface area is 110 Å². The summed E-state index contributed by atoms with van der Waals surface area (Å²) in [5.74, 6) is 1.39. The SMILES string of the molecule is Cc1cc(-c2n[nH]c(-c3ccncc3)n2)ccc1N. The molecular weight excluding hydrogens is 238 g/mol. The smallest absolute Gasteiger partial charge is 0.181 e. The second kappa shape index (κ2) is 4.53. The van der Waals surface area contributed by atoms with Crippen LogP contribution in [0.15, 0.2) is 42.7 Å². The molecule has 94 valence electrons. The van der Waals surface area contributed by atoms with Gasteiger partial charge in [0.15, 0.2) is 11.6 Å². The first-order valence-corrected chi connectivity index (χ1v) is 5.93. The minimum absolute atomic E-state index is 0.662. The molecule has 0 bridgehead atoms. The summed E-state index contributed by atoms with van der Waals surface area (Å²) >= 11 is 0. The molecule has 3 N–H and O–H groups in total. The maximum absolute atomic E-state index is 5.81. The van der Waals surface area contributed by atoms with E-state index in [0.29, 0.717) is 5.82 Å². The molecule has 0 radical (unpaired) electrons. The van der Waals surface area contributed by atoms with Crippen molar-refractivity contribution in [2.24, 2.45) is 0 Å². The van der Waals surface area contributed by atoms with Crippen molar-refractivity contribution in [1.29, 1.82) is 0 Å². The van der Waals surface area contributed by atoms with Crippen molar-refractivity contribution in [3.05, 3.63) is 48.3 Å². The highest BCUT2D eigenvalue weighted by Gasteiger charge is 2.08. The van der Waals surface area contributed by atoms with Crippen LogP contribution in [0.2, 0.25) is 0 Å². The highest BCUT2D eigenvalue weighted by Crippen LogP contribution is 2.22. The fourth-order valence-corrected chi connectivity index (χ4v) is 1.84. The van der Waals surface area contributed by atoms with Crippen LogP contribution in [0.4, 0.5) is 5.69 Å². The predicted molar refractivity (Wildman–Crippen MR) is 74.2 cm³/mol. The first-order chi connectivity index (χ1) is 9.24. The predicted octanol–water partition coefficient (Wildman–Crippen LogP) is 2.42. The Bertz CT molecular complexity index is 703. The monoisotopic (exact) mass is 251 g/mol. The van der Waals surface area contributed by atoms with Crippen molar-refractivity contribution >= 4 is 5.69 Å². The van der Waals surface area contributed by atoms with E-state index in [1.54, 1.807) is 12.4 Å². The number of nitrogens with zero attached hydrogens (tertiary/aromatic N) is 3. The lowest BCUT2D eigenvalue weighted by atomic mass is 10.1. The fourth-order valence-electron chi connectivity index (χ4n) is 1.84. The van der Waals surface area contributed by atoms with E-state index in [1.807, 2.05) is 37.3 Å². The van der Waals surface area contributed by atoms with Gasteiger partial charge in [-0.15, -0.1) is 0 Å². The maximum atomic E-state index is 5.81. The van der Waals surface area contributed by atoms with Crippen LogP contribution in [0.3, 0.4) is 0 Å². The normalized spacial score (nSPS) is 10.6. The molecule has 0 saturated heterocycles. The van der Waals surface area contributed by atoms with Gasteiger partial charge in [-0.2, -0.15) is 5.10 Å². The van der Waals surface area contributed by atoms with Crippen LogP contribution in [0, 0.1) is 6.92 Å². The number of pyridine rings is 1. The molecule has 0 aliphatic heterocycles. The van der Waals surface area contributed by atoms with E-state index in [-0.39, 0.29) is 0 Å². The molecule has 3 aromatic rings. The largest absolute Gasteiger partial charge is 0.399 e. The minimum atomic E-state index is 0.662. The Hall–Kier alpha value is -2.69. The summed E-state index contributed by atoms with van der Waals surface area (Å²) in [4.78, 5) is 8.47. The van der Waals surface area contributed by atoms with E-state index < -0.39 is 0 Å². The molecule has 19 heavy (non-hydrogen) atoms. The van der Waals surface area contributed by atoms with Gasteiger partial charge in [-0.3, -0.25) is 10.1 Å². The Morgan fingerprint density at radius 3 is 2.58 bits per heavy atom. The number of hydrogen-bond donors (Lipinski definition) is 2. The number of aromatic amines is 1. The fraction of sp³-hybridized carbons (Fsp3) is 0.0714. The number of nitrogens with two attached hydrogens (primary N) is 1. The molecule has 0 spiro atoms. The number of nitrogen functional groups attached to an aromatic ring is 1. The summed E-state index contributed by atoms with van der Waals surface area (Å²) in [6.07, 6.45) is 3.45. The van der Waals surface area contributed by atoms with E-state index in [2.05, 4.69) is 20.2 Å². The highest BCUT2D eigenvalue weighted by molar-refractivity contribution is 5.64. The zero-order chi connectivity index (χ0) is 13.2. The van der Waals surface area contributed by atoms with Crippen molar-refractivity contribution in [2.45, 2.75) is 6.92 Å². The second-order valence-corrected chi connectivity index (χ2v) is 4.31. The van der Waals surface area contributed by atoms with Crippen molar-refractivity contribution in [1.82, 2.24) is 20.2 Å². The lowest BCUT2D eigenvalue weighted by Crippen LogP contribution is -1.90. The molecule has 0 fully saturated rings. The summed E-state index contributed by atoms with van der Waals surface area (Å²) in [7, 11) is 0. The van der Waals surface area contributed by atoms with Gasteiger partial charge in [0.1, 0.15) is 0 Å². The maximum Gasteiger partial charge on any atom is 0.181 e. The first-order valence-electron chi connectivity index (χ1n) is 5.93. The zero-order valence-electron chi connectivity index (χ0n) is 10.5. The van der Waals surface area contributed by atoms with Crippen LogP contribution in [0.25, 0.3) is 22.8 Å². The van der Waals surface area contributed by atoms with E-state index in [4.69, 9.17) is 5.73 Å². The van der Waals surface area contributed by atoms with Crippen LogP contribution in [-0.4, -0.2) is 20.2 Å². The highest BCUT2D eigenvalue weighted by atomic mass is 15.2. The third-order valence-corrected chi connectivity index (χ3v) is 2.97. The summed E-state index contributed by atoms with van der Waals surface area (Å²) in [5, 5.41) is 7.17. The third kappa shape index (κ3) is 2.18. The van der Waals surface area contributed by atoms with Crippen molar-refractivity contribution in [3.8, 4) is 22.8 Å². The Morgan fingerprint density at radius 1 is 1.05 bits per heavy atom.